The van der Waals surface area contributed by atoms with Gasteiger partial charge in [0.25, 0.3) is 0 Å². The van der Waals surface area contributed by atoms with Gasteiger partial charge in [-0.3, -0.25) is 5.10 Å². The van der Waals surface area contributed by atoms with E-state index in [0.29, 0.717) is 5.82 Å². The van der Waals surface area contributed by atoms with Gasteiger partial charge in [0.2, 0.25) is 0 Å². The van der Waals surface area contributed by atoms with Crippen LogP contribution in [0.25, 0.3) is 11.3 Å². The van der Waals surface area contributed by atoms with Crippen molar-refractivity contribution in [2.75, 3.05) is 5.73 Å². The van der Waals surface area contributed by atoms with Crippen molar-refractivity contribution < 1.29 is 0 Å². The minimum Gasteiger partial charge on any atom is -0.382 e. The van der Waals surface area contributed by atoms with Crippen LogP contribution in [-0.4, -0.2) is 10.2 Å². The first-order valence-corrected chi connectivity index (χ1v) is 5.53. The number of rotatable bonds is 2. The Balaban J connectivity index is 2.58. The van der Waals surface area contributed by atoms with E-state index >= 15 is 0 Å². The standard InChI is InChI=1S/C13H17N3/c1-4-10-12(15-16-13(10)14)11-6-5-8(2)7-9(11)3/h5-7H,4H2,1-3H3,(H3,14,15,16). The van der Waals surface area contributed by atoms with Gasteiger partial charge >= 0.3 is 0 Å². The lowest BCUT2D eigenvalue weighted by molar-refractivity contribution is 1.10. The van der Waals surface area contributed by atoms with Gasteiger partial charge in [-0.25, -0.2) is 0 Å². The molecule has 16 heavy (non-hydrogen) atoms. The van der Waals surface area contributed by atoms with Crippen LogP contribution in [0, 0.1) is 13.8 Å². The van der Waals surface area contributed by atoms with Gasteiger partial charge in [0.1, 0.15) is 5.82 Å². The number of aromatic nitrogens is 2. The molecule has 0 aliphatic rings. The molecule has 3 nitrogen and oxygen atoms in total. The molecule has 1 heterocycles. The van der Waals surface area contributed by atoms with Crippen LogP contribution >= 0.6 is 0 Å². The number of hydrogen-bond acceptors (Lipinski definition) is 2. The van der Waals surface area contributed by atoms with Crippen LogP contribution in [0.1, 0.15) is 23.6 Å². The van der Waals surface area contributed by atoms with Gasteiger partial charge in [-0.15, -0.1) is 0 Å². The predicted molar refractivity (Wildman–Crippen MR) is 67.3 cm³/mol. The SMILES string of the molecule is CCc1c(N)n[nH]c1-c1ccc(C)cc1C. The van der Waals surface area contributed by atoms with E-state index in [4.69, 9.17) is 5.73 Å². The van der Waals surface area contributed by atoms with Crippen LogP contribution in [0.4, 0.5) is 5.82 Å². The number of benzene rings is 1. The molecule has 1 aromatic heterocycles. The fourth-order valence-corrected chi connectivity index (χ4v) is 2.05. The van der Waals surface area contributed by atoms with Crippen molar-refractivity contribution in [2.45, 2.75) is 27.2 Å². The summed E-state index contributed by atoms with van der Waals surface area (Å²) in [7, 11) is 0. The molecule has 0 aliphatic carbocycles. The Bertz CT molecular complexity index is 512. The number of H-pyrrole nitrogens is 1. The highest BCUT2D eigenvalue weighted by atomic mass is 15.2. The average Bonchev–Trinajstić information content (AvgIpc) is 2.59. The minimum atomic E-state index is 0.609. The summed E-state index contributed by atoms with van der Waals surface area (Å²) in [5, 5.41) is 7.11. The number of nitrogen functional groups attached to an aromatic ring is 1. The zero-order valence-corrected chi connectivity index (χ0v) is 9.96. The normalized spacial score (nSPS) is 10.7. The van der Waals surface area contributed by atoms with Crippen molar-refractivity contribution in [3.8, 4) is 11.3 Å². The number of nitrogens with zero attached hydrogens (tertiary/aromatic N) is 1. The fraction of sp³-hybridized carbons (Fsp3) is 0.308. The Morgan fingerprint density at radius 1 is 1.31 bits per heavy atom. The highest BCUT2D eigenvalue weighted by Gasteiger charge is 2.12. The fourth-order valence-electron chi connectivity index (χ4n) is 2.05. The molecule has 0 bridgehead atoms. The molecular weight excluding hydrogens is 198 g/mol. The second-order valence-electron chi connectivity index (χ2n) is 4.13. The van der Waals surface area contributed by atoms with Crippen LogP contribution in [0.15, 0.2) is 18.2 Å². The zero-order valence-electron chi connectivity index (χ0n) is 9.96. The Morgan fingerprint density at radius 2 is 2.06 bits per heavy atom. The van der Waals surface area contributed by atoms with Crippen molar-refractivity contribution >= 4 is 5.82 Å². The van der Waals surface area contributed by atoms with E-state index in [2.05, 4.69) is 49.2 Å². The summed E-state index contributed by atoms with van der Waals surface area (Å²) in [5.74, 6) is 0.609. The number of aromatic amines is 1. The number of anilines is 1. The molecule has 2 rings (SSSR count). The highest BCUT2D eigenvalue weighted by molar-refractivity contribution is 5.71. The molecule has 0 fully saturated rings. The molecule has 0 amide bonds. The molecule has 0 unspecified atom stereocenters. The van der Waals surface area contributed by atoms with Crippen molar-refractivity contribution in [1.82, 2.24) is 10.2 Å². The molecular formula is C13H17N3. The van der Waals surface area contributed by atoms with Gasteiger partial charge in [0, 0.05) is 11.1 Å². The lowest BCUT2D eigenvalue weighted by atomic mass is 9.99. The Hall–Kier alpha value is -1.77. The van der Waals surface area contributed by atoms with Crippen LogP contribution in [-0.2, 0) is 6.42 Å². The van der Waals surface area contributed by atoms with E-state index in [0.717, 1.165) is 17.7 Å². The summed E-state index contributed by atoms with van der Waals surface area (Å²) < 4.78 is 0. The molecule has 3 N–H and O–H groups in total. The topological polar surface area (TPSA) is 54.7 Å². The largest absolute Gasteiger partial charge is 0.382 e. The quantitative estimate of drug-likeness (QED) is 0.809. The van der Waals surface area contributed by atoms with Gasteiger partial charge < -0.3 is 5.73 Å². The number of nitrogens with one attached hydrogen (secondary N) is 1. The molecule has 3 heteroatoms. The van der Waals surface area contributed by atoms with Crippen LogP contribution in [0.5, 0.6) is 0 Å². The second-order valence-corrected chi connectivity index (χ2v) is 4.13. The van der Waals surface area contributed by atoms with Crippen molar-refractivity contribution in [1.29, 1.82) is 0 Å². The first-order valence-electron chi connectivity index (χ1n) is 5.53. The average molecular weight is 215 g/mol. The van der Waals surface area contributed by atoms with Crippen molar-refractivity contribution in [3.63, 3.8) is 0 Å². The maximum atomic E-state index is 5.83. The summed E-state index contributed by atoms with van der Waals surface area (Å²) in [6, 6.07) is 6.40. The Kier molecular flexibility index (Phi) is 2.69. The predicted octanol–water partition coefficient (Wildman–Crippen LogP) is 2.84. The smallest absolute Gasteiger partial charge is 0.149 e. The lowest BCUT2D eigenvalue weighted by Gasteiger charge is -2.06. The summed E-state index contributed by atoms with van der Waals surface area (Å²) in [4.78, 5) is 0. The third kappa shape index (κ3) is 1.69. The van der Waals surface area contributed by atoms with E-state index < -0.39 is 0 Å². The van der Waals surface area contributed by atoms with Gasteiger partial charge in [0.15, 0.2) is 0 Å². The molecule has 0 aliphatic heterocycles. The van der Waals surface area contributed by atoms with E-state index in [-0.39, 0.29) is 0 Å². The molecule has 0 spiro atoms. The van der Waals surface area contributed by atoms with Crippen LogP contribution < -0.4 is 5.73 Å². The van der Waals surface area contributed by atoms with Gasteiger partial charge in [-0.1, -0.05) is 30.7 Å². The third-order valence-electron chi connectivity index (χ3n) is 2.90. The molecule has 2 aromatic rings. The van der Waals surface area contributed by atoms with Crippen LogP contribution in [0.2, 0.25) is 0 Å². The van der Waals surface area contributed by atoms with Crippen molar-refractivity contribution in [3.05, 3.63) is 34.9 Å². The summed E-state index contributed by atoms with van der Waals surface area (Å²) in [6.45, 7) is 6.30. The summed E-state index contributed by atoms with van der Waals surface area (Å²) in [5.41, 5.74) is 11.7. The van der Waals surface area contributed by atoms with Gasteiger partial charge in [-0.05, 0) is 25.8 Å². The Labute approximate surface area is 95.7 Å². The van der Waals surface area contributed by atoms with Crippen molar-refractivity contribution in [2.24, 2.45) is 0 Å². The minimum absolute atomic E-state index is 0.609. The first-order chi connectivity index (χ1) is 7.63. The third-order valence-corrected chi connectivity index (χ3v) is 2.90. The zero-order chi connectivity index (χ0) is 11.7. The molecule has 84 valence electrons. The van der Waals surface area contributed by atoms with Gasteiger partial charge in [0.05, 0.1) is 5.69 Å². The molecule has 0 saturated heterocycles. The van der Waals surface area contributed by atoms with Gasteiger partial charge in [-0.2, -0.15) is 5.10 Å². The number of nitrogens with two attached hydrogens (primary N) is 1. The number of hydrogen-bond donors (Lipinski definition) is 2. The monoisotopic (exact) mass is 215 g/mol. The van der Waals surface area contributed by atoms with E-state index in [9.17, 15) is 0 Å². The molecule has 0 atom stereocenters. The van der Waals surface area contributed by atoms with E-state index in [1.54, 1.807) is 0 Å². The Morgan fingerprint density at radius 3 is 2.69 bits per heavy atom. The lowest BCUT2D eigenvalue weighted by Crippen LogP contribution is -1.92. The highest BCUT2D eigenvalue weighted by Crippen LogP contribution is 2.28. The maximum Gasteiger partial charge on any atom is 0.149 e. The second kappa shape index (κ2) is 4.00. The summed E-state index contributed by atoms with van der Waals surface area (Å²) >= 11 is 0. The molecule has 1 aromatic carbocycles. The van der Waals surface area contributed by atoms with Crippen LogP contribution in [0.3, 0.4) is 0 Å². The number of aryl methyl sites for hydroxylation is 2. The molecule has 0 radical (unpaired) electrons. The van der Waals surface area contributed by atoms with E-state index in [1.807, 2.05) is 0 Å². The summed E-state index contributed by atoms with van der Waals surface area (Å²) in [6.07, 6.45) is 0.894. The first kappa shape index (κ1) is 10.7. The van der Waals surface area contributed by atoms with E-state index in [1.165, 1.54) is 16.7 Å². The maximum absolute atomic E-state index is 5.83. The molecule has 0 saturated carbocycles.